The van der Waals surface area contributed by atoms with Gasteiger partial charge in [0.05, 0.1) is 0 Å². The summed E-state index contributed by atoms with van der Waals surface area (Å²) in [6.45, 7) is 0. The van der Waals surface area contributed by atoms with Gasteiger partial charge in [0.25, 0.3) is 10.2 Å². The van der Waals surface area contributed by atoms with E-state index in [4.69, 9.17) is 107 Å². The maximum atomic E-state index is 8.74. The van der Waals surface area contributed by atoms with Crippen LogP contribution in [0.2, 0.25) is 0 Å². The van der Waals surface area contributed by atoms with Crippen molar-refractivity contribution in [2.45, 2.75) is 14.9 Å². The smallest absolute Gasteiger partial charge is 0.412 e. The molecule has 0 aliphatic carbocycles. The summed E-state index contributed by atoms with van der Waals surface area (Å²) in [5.41, 5.74) is 4.50. The third-order valence-electron chi connectivity index (χ3n) is 0. The highest BCUT2D eigenvalue weighted by Gasteiger charge is 1.84. The maximum Gasteiger partial charge on any atom is 0.425 e. The minimum atomic E-state index is -4.67. The molecule has 12 N–H and O–H groups in total. The Labute approximate surface area is 202 Å². The Morgan fingerprint density at radius 1 is 0.750 bits per heavy atom. The van der Waals surface area contributed by atoms with Crippen LogP contribution in [-0.2, 0) is 43.2 Å². The lowest BCUT2D eigenvalue weighted by Gasteiger charge is -1.68. The molecule has 0 bridgehead atoms. The summed E-state index contributed by atoms with van der Waals surface area (Å²) < 4.78 is 98.8. The van der Waals surface area contributed by atoms with Crippen molar-refractivity contribution in [1.29, 1.82) is 5.59 Å². The average Bonchev–Trinajstić information content (AvgIpc) is 2.48. The molecule has 0 aliphatic rings. The molecule has 0 aromatic carbocycles. The molecule has 0 amide bonds. The SMILES string of the molecule is C.C.N=O.O.O.O.O=NO.O=O.O=S(=O)(O)O.O=S(=O)=O.O=S(=O)=O.O=S=O.O=[N+]([O-])O.O=[N+]([O-])O. The zero-order chi connectivity index (χ0) is 28.2. The van der Waals surface area contributed by atoms with Crippen LogP contribution in [-0.4, -0.2) is 93.4 Å². The van der Waals surface area contributed by atoms with Crippen LogP contribution in [0.5, 0.6) is 0 Å². The number of hydrogen-bond donors (Lipinski definition) is 6. The van der Waals surface area contributed by atoms with Gasteiger partial charge in [-0.25, -0.2) is 0 Å². The van der Waals surface area contributed by atoms with Crippen molar-refractivity contribution in [3.05, 3.63) is 40.0 Å². The van der Waals surface area contributed by atoms with Crippen LogP contribution in [0.25, 0.3) is 0 Å². The lowest BCUT2D eigenvalue weighted by atomic mass is 12.0. The van der Waals surface area contributed by atoms with E-state index in [0.29, 0.717) is 0 Å². The van der Waals surface area contributed by atoms with Crippen LogP contribution < -0.4 is 0 Å². The predicted molar refractivity (Wildman–Crippen MR) is 105 cm³/mol. The van der Waals surface area contributed by atoms with Crippen molar-refractivity contribution >= 4 is 43.2 Å². The summed E-state index contributed by atoms with van der Waals surface area (Å²) in [4.78, 5) is 46.3. The Morgan fingerprint density at radius 3 is 0.750 bits per heavy atom. The second-order valence-corrected chi connectivity index (χ2v) is 3.33. The molecule has 0 spiro atoms. The molecule has 0 atom stereocenters. The van der Waals surface area contributed by atoms with Gasteiger partial charge in [0.1, 0.15) is 0 Å². The summed E-state index contributed by atoms with van der Waals surface area (Å²) in [5, 5.41) is 35.2. The van der Waals surface area contributed by atoms with Crippen molar-refractivity contribution in [2.24, 2.45) is 5.34 Å². The first-order valence-corrected chi connectivity index (χ1v) is 7.98. The van der Waals surface area contributed by atoms with Gasteiger partial charge in [-0.3, -0.25) is 9.11 Å². The molecular formula is C2H20N4O26S4. The third kappa shape index (κ3) is 1410. The Hall–Kier alpha value is -4.19. The molecule has 0 saturated heterocycles. The van der Waals surface area contributed by atoms with Gasteiger partial charge in [0.2, 0.25) is 0 Å². The number of nitrogens with zero attached hydrogens (tertiary/aromatic N) is 3. The van der Waals surface area contributed by atoms with Crippen LogP contribution in [0.4, 0.5) is 0 Å². The van der Waals surface area contributed by atoms with E-state index in [1.807, 2.05) is 0 Å². The van der Waals surface area contributed by atoms with Gasteiger partial charge in [-0.1, -0.05) is 20.4 Å². The molecule has 0 heterocycles. The Balaban J connectivity index is -0.0000000125. The summed E-state index contributed by atoms with van der Waals surface area (Å²) in [7, 11) is -10.9. The van der Waals surface area contributed by atoms with E-state index >= 15 is 0 Å². The summed E-state index contributed by atoms with van der Waals surface area (Å²) in [5.74, 6) is 0. The lowest BCUT2D eigenvalue weighted by molar-refractivity contribution is -0.742. The molecule has 0 rings (SSSR count). The van der Waals surface area contributed by atoms with E-state index in [1.165, 1.54) is 5.34 Å². The fraction of sp³-hybridized carbons (Fsp3) is 1.00. The van der Waals surface area contributed by atoms with Crippen LogP contribution in [0.3, 0.4) is 0 Å². The standard InChI is InChI=1S/2CH4.2HNO3.HNO2.HNO.H2O4S.2O3S.O2S.O2.3H2O/c;;2*2-1(3)4;2-1-3;1-2;1-5(2,3)4;2*1-4(2)3;1-3-2;1-2;;;/h2*1H4;2*(H,2,3,4);(H,2,3);1H;(H2,1,2,3,4);;;;;3*1H2. The first-order chi connectivity index (χ1) is 13.8. The van der Waals surface area contributed by atoms with Crippen molar-refractivity contribution in [1.82, 2.24) is 0 Å². The second kappa shape index (κ2) is 110. The number of nitroso groups, excluding NO2 is 1. The Bertz CT molecular complexity index is 672. The van der Waals surface area contributed by atoms with Crippen molar-refractivity contribution < 1.29 is 93.4 Å². The van der Waals surface area contributed by atoms with Gasteiger partial charge in [-0.2, -0.15) is 21.7 Å². The quantitative estimate of drug-likeness (QED) is 0.0624. The third-order valence-corrected chi connectivity index (χ3v) is 0. The summed E-state index contributed by atoms with van der Waals surface area (Å²) in [6, 6.07) is 0. The van der Waals surface area contributed by atoms with E-state index in [9.17, 15) is 0 Å². The Kier molecular flexibility index (Phi) is 290. The zero-order valence-corrected chi connectivity index (χ0v) is 17.8. The highest BCUT2D eigenvalue weighted by Crippen LogP contribution is 1.59. The molecule has 0 saturated carbocycles. The van der Waals surface area contributed by atoms with E-state index in [2.05, 4.69) is 5.59 Å². The van der Waals surface area contributed by atoms with Gasteiger partial charge in [0, 0.05) is 9.93 Å². The zero-order valence-electron chi connectivity index (χ0n) is 14.6. The molecule has 0 unspecified atom stereocenters. The van der Waals surface area contributed by atoms with Gasteiger partial charge < -0.3 is 32.1 Å². The van der Waals surface area contributed by atoms with E-state index in [1.54, 1.807) is 0 Å². The minimum absolute atomic E-state index is 0. The van der Waals surface area contributed by atoms with Crippen molar-refractivity contribution in [3.63, 3.8) is 0 Å². The topological polar surface area (TPSA) is 557 Å². The summed E-state index contributed by atoms with van der Waals surface area (Å²) in [6.07, 6.45) is 0. The molecule has 0 fully saturated rings. The highest BCUT2D eigenvalue weighted by atomic mass is 32.3. The van der Waals surface area contributed by atoms with Crippen LogP contribution in [0.1, 0.15) is 14.9 Å². The number of hydrogen-bond acceptors (Lipinski definition) is 20. The highest BCUT2D eigenvalue weighted by molar-refractivity contribution is 7.79. The van der Waals surface area contributed by atoms with Crippen LogP contribution in [0, 0.1) is 45.6 Å². The molecular weight excluding hydrogens is 624 g/mol. The van der Waals surface area contributed by atoms with Gasteiger partial charge in [-0.05, 0) is 0 Å². The monoisotopic (exact) mass is 644 g/mol. The normalized spacial score (nSPS) is 5.17. The van der Waals surface area contributed by atoms with E-state index < -0.39 is 53.4 Å². The van der Waals surface area contributed by atoms with E-state index in [0.717, 1.165) is 0 Å². The maximum absolute atomic E-state index is 8.74. The molecule has 0 aromatic heterocycles. The van der Waals surface area contributed by atoms with Crippen LogP contribution in [0.15, 0.2) is 5.34 Å². The van der Waals surface area contributed by atoms with Crippen molar-refractivity contribution in [3.8, 4) is 0 Å². The van der Waals surface area contributed by atoms with Crippen molar-refractivity contribution in [2.75, 3.05) is 0 Å². The average molecular weight is 644 g/mol. The largest absolute Gasteiger partial charge is 0.425 e. The summed E-state index contributed by atoms with van der Waals surface area (Å²) >= 11 is -0.750. The molecule has 30 nitrogen and oxygen atoms in total. The second-order valence-electron chi connectivity index (χ2n) is 1.48. The number of nitrogens with one attached hydrogen (secondary N) is 1. The van der Waals surface area contributed by atoms with E-state index in [-0.39, 0.29) is 31.3 Å². The predicted octanol–water partition coefficient (Wildman–Crippen LogP) is -4.69. The molecule has 34 heteroatoms. The van der Waals surface area contributed by atoms with Gasteiger partial charge in [-0.15, -0.1) is 50.4 Å². The Morgan fingerprint density at radius 2 is 0.750 bits per heavy atom. The first kappa shape index (κ1) is 95.2. The lowest BCUT2D eigenvalue weighted by Crippen LogP contribution is -1.89. The molecule has 228 valence electrons. The molecule has 0 radical (unpaired) electrons. The van der Waals surface area contributed by atoms with Crippen LogP contribution >= 0.6 is 0 Å². The molecule has 0 aliphatic heterocycles. The fourth-order valence-corrected chi connectivity index (χ4v) is 0. The first-order valence-electron chi connectivity index (χ1n) is 3.92. The number of rotatable bonds is 0. The van der Waals surface area contributed by atoms with Gasteiger partial charge >= 0.3 is 43.2 Å². The van der Waals surface area contributed by atoms with Gasteiger partial charge in [0.15, 0.2) is 5.34 Å². The fourth-order valence-electron chi connectivity index (χ4n) is 0. The molecule has 36 heavy (non-hydrogen) atoms. The molecule has 0 aromatic rings. The minimum Gasteiger partial charge on any atom is -0.412 e.